The Morgan fingerprint density at radius 2 is 2.25 bits per heavy atom. The maximum Gasteiger partial charge on any atom is 0.335 e. The minimum Gasteiger partial charge on any atom is -0.478 e. The molecule has 3 heterocycles. The lowest BCUT2D eigenvalue weighted by Gasteiger charge is -2.23. The fraction of sp³-hybridized carbons (Fsp3) is 0.278. The van der Waals surface area contributed by atoms with Gasteiger partial charge < -0.3 is 10.4 Å². The van der Waals surface area contributed by atoms with Crippen molar-refractivity contribution in [2.45, 2.75) is 18.8 Å². The standard InChI is InChI=1S/C18H18N4O2/c23-18(24)13-4-1-3-12(9-13)15-11-21-22-16(6-8-20-17(15)22)14-5-2-7-19-10-14/h1,3-4,6,8-9,11,14,19H,2,5,7,10H2,(H,23,24). The highest BCUT2D eigenvalue weighted by molar-refractivity contribution is 5.90. The van der Waals surface area contributed by atoms with Crippen molar-refractivity contribution in [1.29, 1.82) is 0 Å². The number of aromatic carboxylic acids is 1. The van der Waals surface area contributed by atoms with Gasteiger partial charge in [-0.2, -0.15) is 5.10 Å². The molecule has 4 rings (SSSR count). The number of benzene rings is 1. The van der Waals surface area contributed by atoms with E-state index in [1.807, 2.05) is 22.8 Å². The van der Waals surface area contributed by atoms with E-state index in [0.717, 1.165) is 48.4 Å². The molecule has 122 valence electrons. The summed E-state index contributed by atoms with van der Waals surface area (Å²) in [6.45, 7) is 2.01. The molecule has 0 saturated carbocycles. The minimum atomic E-state index is -0.935. The number of hydrogen-bond acceptors (Lipinski definition) is 4. The summed E-state index contributed by atoms with van der Waals surface area (Å²) in [5, 5.41) is 17.1. The Morgan fingerprint density at radius 3 is 3.04 bits per heavy atom. The lowest BCUT2D eigenvalue weighted by atomic mass is 9.96. The topological polar surface area (TPSA) is 79.5 Å². The van der Waals surface area contributed by atoms with Gasteiger partial charge in [-0.05, 0) is 43.1 Å². The van der Waals surface area contributed by atoms with E-state index >= 15 is 0 Å². The molecule has 24 heavy (non-hydrogen) atoms. The van der Waals surface area contributed by atoms with Gasteiger partial charge in [0.25, 0.3) is 0 Å². The second-order valence-corrected chi connectivity index (χ2v) is 6.09. The number of rotatable bonds is 3. The average Bonchev–Trinajstić information content (AvgIpc) is 3.06. The van der Waals surface area contributed by atoms with Gasteiger partial charge in [0.05, 0.1) is 17.5 Å². The molecule has 0 radical (unpaired) electrons. The van der Waals surface area contributed by atoms with Crippen LogP contribution in [0.25, 0.3) is 16.8 Å². The fourth-order valence-corrected chi connectivity index (χ4v) is 3.35. The van der Waals surface area contributed by atoms with Crippen LogP contribution in [0.4, 0.5) is 0 Å². The highest BCUT2D eigenvalue weighted by Crippen LogP contribution is 2.28. The number of carboxylic acid groups (broad SMARTS) is 1. The quantitative estimate of drug-likeness (QED) is 0.775. The van der Waals surface area contributed by atoms with Crippen LogP contribution in [0.2, 0.25) is 0 Å². The van der Waals surface area contributed by atoms with Crippen molar-refractivity contribution in [3.63, 3.8) is 0 Å². The van der Waals surface area contributed by atoms with Crippen molar-refractivity contribution in [1.82, 2.24) is 19.9 Å². The van der Waals surface area contributed by atoms with Gasteiger partial charge in [0.15, 0.2) is 5.65 Å². The van der Waals surface area contributed by atoms with Gasteiger partial charge in [0.2, 0.25) is 0 Å². The first-order valence-electron chi connectivity index (χ1n) is 8.11. The van der Waals surface area contributed by atoms with Crippen molar-refractivity contribution in [2.75, 3.05) is 13.1 Å². The van der Waals surface area contributed by atoms with E-state index in [-0.39, 0.29) is 5.56 Å². The lowest BCUT2D eigenvalue weighted by molar-refractivity contribution is 0.0697. The van der Waals surface area contributed by atoms with Crippen LogP contribution in [-0.2, 0) is 0 Å². The number of hydrogen-bond donors (Lipinski definition) is 2. The lowest BCUT2D eigenvalue weighted by Crippen LogP contribution is -2.29. The van der Waals surface area contributed by atoms with Crippen molar-refractivity contribution in [3.8, 4) is 11.1 Å². The Kier molecular flexibility index (Phi) is 3.74. The molecule has 0 spiro atoms. The van der Waals surface area contributed by atoms with Crippen molar-refractivity contribution < 1.29 is 9.90 Å². The number of aromatic nitrogens is 3. The highest BCUT2D eigenvalue weighted by Gasteiger charge is 2.20. The molecule has 1 fully saturated rings. The number of carbonyl (C=O) groups is 1. The zero-order valence-corrected chi connectivity index (χ0v) is 13.1. The Labute approximate surface area is 139 Å². The third-order valence-corrected chi connectivity index (χ3v) is 4.57. The summed E-state index contributed by atoms with van der Waals surface area (Å²) < 4.78 is 1.89. The second-order valence-electron chi connectivity index (χ2n) is 6.09. The van der Waals surface area contributed by atoms with E-state index in [0.29, 0.717) is 5.92 Å². The monoisotopic (exact) mass is 322 g/mol. The molecule has 0 aliphatic carbocycles. The minimum absolute atomic E-state index is 0.263. The third-order valence-electron chi connectivity index (χ3n) is 4.57. The van der Waals surface area contributed by atoms with Crippen LogP contribution in [0.1, 0.15) is 34.8 Å². The molecule has 2 aromatic heterocycles. The number of carboxylic acids is 1. The smallest absolute Gasteiger partial charge is 0.335 e. The molecular formula is C18H18N4O2. The van der Waals surface area contributed by atoms with Crippen LogP contribution in [-0.4, -0.2) is 38.8 Å². The van der Waals surface area contributed by atoms with Gasteiger partial charge in [-0.25, -0.2) is 14.3 Å². The maximum atomic E-state index is 11.2. The summed E-state index contributed by atoms with van der Waals surface area (Å²) in [6.07, 6.45) is 5.87. The van der Waals surface area contributed by atoms with Crippen LogP contribution in [0.15, 0.2) is 42.7 Å². The molecule has 6 nitrogen and oxygen atoms in total. The first-order valence-corrected chi connectivity index (χ1v) is 8.11. The Hall–Kier alpha value is -2.73. The van der Waals surface area contributed by atoms with Crippen LogP contribution in [0.3, 0.4) is 0 Å². The molecule has 3 aromatic rings. The molecule has 0 amide bonds. The van der Waals surface area contributed by atoms with Crippen LogP contribution in [0, 0.1) is 0 Å². The predicted molar refractivity (Wildman–Crippen MR) is 90.2 cm³/mol. The van der Waals surface area contributed by atoms with E-state index in [4.69, 9.17) is 0 Å². The Bertz CT molecular complexity index is 897. The van der Waals surface area contributed by atoms with E-state index in [9.17, 15) is 9.90 Å². The number of nitrogens with zero attached hydrogens (tertiary/aromatic N) is 3. The summed E-state index contributed by atoms with van der Waals surface area (Å²) in [5.41, 5.74) is 3.84. The second kappa shape index (κ2) is 6.05. The van der Waals surface area contributed by atoms with Crippen molar-refractivity contribution >= 4 is 11.6 Å². The van der Waals surface area contributed by atoms with Gasteiger partial charge in [-0.15, -0.1) is 0 Å². The molecule has 0 bridgehead atoms. The number of nitrogens with one attached hydrogen (secondary N) is 1. The van der Waals surface area contributed by atoms with Crippen molar-refractivity contribution in [3.05, 3.63) is 54.0 Å². The van der Waals surface area contributed by atoms with Gasteiger partial charge in [0.1, 0.15) is 0 Å². The summed E-state index contributed by atoms with van der Waals surface area (Å²) in [4.78, 5) is 15.7. The maximum absolute atomic E-state index is 11.2. The third kappa shape index (κ3) is 2.55. The Balaban J connectivity index is 1.81. The normalized spacial score (nSPS) is 17.9. The molecule has 1 atom stereocenters. The zero-order chi connectivity index (χ0) is 16.5. The van der Waals surface area contributed by atoms with Crippen LogP contribution in [0.5, 0.6) is 0 Å². The molecule has 1 aromatic carbocycles. The fourth-order valence-electron chi connectivity index (χ4n) is 3.35. The predicted octanol–water partition coefficient (Wildman–Crippen LogP) is 2.56. The highest BCUT2D eigenvalue weighted by atomic mass is 16.4. The van der Waals surface area contributed by atoms with Gasteiger partial charge in [0, 0.05) is 24.2 Å². The summed E-state index contributed by atoms with van der Waals surface area (Å²) in [6, 6.07) is 8.91. The molecule has 2 N–H and O–H groups in total. The molecular weight excluding hydrogens is 304 g/mol. The van der Waals surface area contributed by atoms with E-state index in [1.165, 1.54) is 0 Å². The van der Waals surface area contributed by atoms with Crippen molar-refractivity contribution in [2.24, 2.45) is 0 Å². The van der Waals surface area contributed by atoms with E-state index in [1.54, 1.807) is 24.4 Å². The summed E-state index contributed by atoms with van der Waals surface area (Å²) in [5.74, 6) is -0.516. The average molecular weight is 322 g/mol. The Morgan fingerprint density at radius 1 is 1.33 bits per heavy atom. The first kappa shape index (κ1) is 14.8. The zero-order valence-electron chi connectivity index (χ0n) is 13.1. The molecule has 6 heteroatoms. The van der Waals surface area contributed by atoms with Gasteiger partial charge in [-0.1, -0.05) is 12.1 Å². The molecule has 1 aliphatic rings. The largest absolute Gasteiger partial charge is 0.478 e. The van der Waals surface area contributed by atoms with E-state index < -0.39 is 5.97 Å². The molecule has 1 saturated heterocycles. The molecule has 1 aliphatic heterocycles. The summed E-state index contributed by atoms with van der Waals surface area (Å²) in [7, 11) is 0. The van der Waals surface area contributed by atoms with Gasteiger partial charge >= 0.3 is 5.97 Å². The summed E-state index contributed by atoms with van der Waals surface area (Å²) >= 11 is 0. The number of fused-ring (bicyclic) bond motifs is 1. The van der Waals surface area contributed by atoms with E-state index in [2.05, 4.69) is 15.4 Å². The SMILES string of the molecule is O=C(O)c1cccc(-c2cnn3c(C4CCCNC4)ccnc23)c1. The van der Waals surface area contributed by atoms with Crippen LogP contribution < -0.4 is 5.32 Å². The van der Waals surface area contributed by atoms with Crippen LogP contribution >= 0.6 is 0 Å². The van der Waals surface area contributed by atoms with Gasteiger partial charge in [-0.3, -0.25) is 0 Å². The first-order chi connectivity index (χ1) is 11.7. The number of piperidine rings is 1. The molecule has 1 unspecified atom stereocenters.